The average molecular weight is 261 g/mol. The van der Waals surface area contributed by atoms with E-state index < -0.39 is 0 Å². The Morgan fingerprint density at radius 1 is 1.16 bits per heavy atom. The molecule has 0 saturated carbocycles. The topological polar surface area (TPSA) is 27.3 Å². The second kappa shape index (κ2) is 7.04. The molecule has 0 spiro atoms. The lowest BCUT2D eigenvalue weighted by Crippen LogP contribution is -2.54. The largest absolute Gasteiger partial charge is 0.314 e. The number of benzene rings is 1. The lowest BCUT2D eigenvalue weighted by molar-refractivity contribution is 0.0955. The highest BCUT2D eigenvalue weighted by molar-refractivity contribution is 5.14. The summed E-state index contributed by atoms with van der Waals surface area (Å²) < 4.78 is 0. The lowest BCUT2D eigenvalue weighted by atomic mass is 9.97. The Morgan fingerprint density at radius 3 is 2.53 bits per heavy atom. The molecule has 0 atom stereocenters. The van der Waals surface area contributed by atoms with Crippen molar-refractivity contribution in [1.82, 2.24) is 15.5 Å². The highest BCUT2D eigenvalue weighted by atomic mass is 15.2. The van der Waals surface area contributed by atoms with Crippen LogP contribution >= 0.6 is 0 Å². The van der Waals surface area contributed by atoms with Crippen LogP contribution in [0.1, 0.15) is 25.8 Å². The third-order valence-electron chi connectivity index (χ3n) is 4.06. The molecule has 0 unspecified atom stereocenters. The van der Waals surface area contributed by atoms with Crippen molar-refractivity contribution in [1.29, 1.82) is 0 Å². The molecule has 3 nitrogen and oxygen atoms in total. The second-order valence-electron chi connectivity index (χ2n) is 5.96. The van der Waals surface area contributed by atoms with E-state index in [0.29, 0.717) is 5.54 Å². The number of hydrogen-bond donors (Lipinski definition) is 2. The second-order valence-corrected chi connectivity index (χ2v) is 5.96. The molecule has 3 heteroatoms. The van der Waals surface area contributed by atoms with E-state index in [2.05, 4.69) is 59.7 Å². The van der Waals surface area contributed by atoms with Gasteiger partial charge in [-0.25, -0.2) is 0 Å². The predicted molar refractivity (Wildman–Crippen MR) is 81.3 cm³/mol. The molecule has 1 saturated heterocycles. The quantitative estimate of drug-likeness (QED) is 0.765. The summed E-state index contributed by atoms with van der Waals surface area (Å²) in [4.78, 5) is 2.60. The average Bonchev–Trinajstić information content (AvgIpc) is 2.46. The van der Waals surface area contributed by atoms with E-state index in [1.54, 1.807) is 0 Å². The Morgan fingerprint density at radius 2 is 1.84 bits per heavy atom. The minimum atomic E-state index is 0.297. The van der Waals surface area contributed by atoms with Gasteiger partial charge in [0.25, 0.3) is 0 Å². The van der Waals surface area contributed by atoms with E-state index in [1.165, 1.54) is 25.1 Å². The Kier molecular flexibility index (Phi) is 5.37. The molecule has 19 heavy (non-hydrogen) atoms. The van der Waals surface area contributed by atoms with E-state index in [4.69, 9.17) is 0 Å². The molecule has 0 aromatic heterocycles. The molecule has 0 amide bonds. The molecule has 106 valence electrons. The summed E-state index contributed by atoms with van der Waals surface area (Å²) in [7, 11) is 0. The first-order chi connectivity index (χ1) is 9.18. The van der Waals surface area contributed by atoms with Crippen LogP contribution in [-0.4, -0.2) is 43.2 Å². The van der Waals surface area contributed by atoms with Crippen molar-refractivity contribution < 1.29 is 0 Å². The number of piperazine rings is 1. The van der Waals surface area contributed by atoms with E-state index >= 15 is 0 Å². The Hall–Kier alpha value is -0.900. The lowest BCUT2D eigenvalue weighted by Gasteiger charge is -2.41. The maximum atomic E-state index is 3.55. The zero-order valence-corrected chi connectivity index (χ0v) is 12.3. The predicted octanol–water partition coefficient (Wildman–Crippen LogP) is 1.85. The van der Waals surface area contributed by atoms with Gasteiger partial charge in [-0.3, -0.25) is 4.90 Å². The summed E-state index contributed by atoms with van der Waals surface area (Å²) in [6, 6.07) is 10.6. The van der Waals surface area contributed by atoms with E-state index in [0.717, 1.165) is 26.2 Å². The first-order valence-electron chi connectivity index (χ1n) is 7.39. The molecule has 1 aliphatic rings. The van der Waals surface area contributed by atoms with Crippen LogP contribution in [-0.2, 0) is 6.54 Å². The summed E-state index contributed by atoms with van der Waals surface area (Å²) in [5.74, 6) is 0. The van der Waals surface area contributed by atoms with Crippen LogP contribution in [0, 0.1) is 0 Å². The van der Waals surface area contributed by atoms with Gasteiger partial charge in [-0.2, -0.15) is 0 Å². The molecular weight excluding hydrogens is 234 g/mol. The first-order valence-corrected chi connectivity index (χ1v) is 7.39. The molecule has 1 heterocycles. The van der Waals surface area contributed by atoms with Crippen LogP contribution in [0.25, 0.3) is 0 Å². The molecule has 0 radical (unpaired) electrons. The Bertz CT molecular complexity index is 356. The van der Waals surface area contributed by atoms with E-state index in [1.807, 2.05) is 0 Å². The van der Waals surface area contributed by atoms with Crippen molar-refractivity contribution in [3.63, 3.8) is 0 Å². The number of nitrogens with zero attached hydrogens (tertiary/aromatic N) is 1. The minimum Gasteiger partial charge on any atom is -0.314 e. The Balaban J connectivity index is 1.69. The van der Waals surface area contributed by atoms with Gasteiger partial charge < -0.3 is 10.6 Å². The number of hydrogen-bond acceptors (Lipinski definition) is 3. The van der Waals surface area contributed by atoms with Crippen molar-refractivity contribution in [3.05, 3.63) is 35.9 Å². The summed E-state index contributed by atoms with van der Waals surface area (Å²) in [5, 5.41) is 6.97. The molecule has 1 aliphatic heterocycles. The molecule has 1 fully saturated rings. The summed E-state index contributed by atoms with van der Waals surface area (Å²) >= 11 is 0. The standard InChI is InChI=1S/C16H27N3/c1-16(2,19-12-10-17-11-13-19)8-9-18-14-15-6-4-3-5-7-15/h3-7,17-18H,8-14H2,1-2H3. The van der Waals surface area contributed by atoms with Gasteiger partial charge in [0.15, 0.2) is 0 Å². The van der Waals surface area contributed by atoms with Crippen LogP contribution in [0.5, 0.6) is 0 Å². The Labute approximate surface area is 117 Å². The molecule has 0 bridgehead atoms. The van der Waals surface area contributed by atoms with Gasteiger partial charge in [0.2, 0.25) is 0 Å². The third kappa shape index (κ3) is 4.60. The van der Waals surface area contributed by atoms with Gasteiger partial charge >= 0.3 is 0 Å². The minimum absolute atomic E-state index is 0.297. The van der Waals surface area contributed by atoms with Gasteiger partial charge in [0, 0.05) is 38.3 Å². The van der Waals surface area contributed by atoms with Crippen molar-refractivity contribution in [3.8, 4) is 0 Å². The van der Waals surface area contributed by atoms with Crippen LogP contribution in [0.2, 0.25) is 0 Å². The van der Waals surface area contributed by atoms with Gasteiger partial charge in [-0.1, -0.05) is 30.3 Å². The zero-order chi connectivity index (χ0) is 13.6. The first kappa shape index (κ1) is 14.5. The van der Waals surface area contributed by atoms with Crippen molar-refractivity contribution in [2.75, 3.05) is 32.7 Å². The maximum Gasteiger partial charge on any atom is 0.0205 e. The molecule has 1 aromatic carbocycles. The van der Waals surface area contributed by atoms with Crippen molar-refractivity contribution in [2.24, 2.45) is 0 Å². The fourth-order valence-corrected chi connectivity index (χ4v) is 2.65. The summed E-state index contributed by atoms with van der Waals surface area (Å²) in [5.41, 5.74) is 1.66. The highest BCUT2D eigenvalue weighted by Gasteiger charge is 2.26. The normalized spacial score (nSPS) is 17.6. The summed E-state index contributed by atoms with van der Waals surface area (Å²) in [6.45, 7) is 11.4. The highest BCUT2D eigenvalue weighted by Crippen LogP contribution is 2.18. The van der Waals surface area contributed by atoms with E-state index in [9.17, 15) is 0 Å². The van der Waals surface area contributed by atoms with Crippen molar-refractivity contribution in [2.45, 2.75) is 32.4 Å². The number of nitrogens with one attached hydrogen (secondary N) is 2. The fraction of sp³-hybridized carbons (Fsp3) is 0.625. The van der Waals surface area contributed by atoms with E-state index in [-0.39, 0.29) is 0 Å². The van der Waals surface area contributed by atoms with Crippen LogP contribution in [0.15, 0.2) is 30.3 Å². The maximum absolute atomic E-state index is 3.55. The molecule has 2 rings (SSSR count). The van der Waals surface area contributed by atoms with Gasteiger partial charge in [0.05, 0.1) is 0 Å². The fourth-order valence-electron chi connectivity index (χ4n) is 2.65. The molecule has 0 aliphatic carbocycles. The van der Waals surface area contributed by atoms with Crippen LogP contribution in [0.4, 0.5) is 0 Å². The van der Waals surface area contributed by atoms with Gasteiger partial charge in [0.1, 0.15) is 0 Å². The zero-order valence-electron chi connectivity index (χ0n) is 12.3. The van der Waals surface area contributed by atoms with Crippen LogP contribution in [0.3, 0.4) is 0 Å². The van der Waals surface area contributed by atoms with Crippen LogP contribution < -0.4 is 10.6 Å². The number of rotatable bonds is 6. The van der Waals surface area contributed by atoms with Crippen molar-refractivity contribution >= 4 is 0 Å². The monoisotopic (exact) mass is 261 g/mol. The SMILES string of the molecule is CC(C)(CCNCc1ccccc1)N1CCNCC1. The van der Waals surface area contributed by atoms with Gasteiger partial charge in [-0.05, 0) is 32.4 Å². The van der Waals surface area contributed by atoms with Gasteiger partial charge in [-0.15, -0.1) is 0 Å². The smallest absolute Gasteiger partial charge is 0.0205 e. The third-order valence-corrected chi connectivity index (χ3v) is 4.06. The molecule has 1 aromatic rings. The molecular formula is C16H27N3. The molecule has 2 N–H and O–H groups in total. The summed E-state index contributed by atoms with van der Waals surface area (Å²) in [6.07, 6.45) is 1.19.